The van der Waals surface area contributed by atoms with Gasteiger partial charge in [0, 0.05) is 33.6 Å². The molecular formula is C18H13NO2. The van der Waals surface area contributed by atoms with Crippen molar-refractivity contribution in [3.8, 4) is 11.1 Å². The first-order valence-corrected chi connectivity index (χ1v) is 6.84. The molecule has 4 aromatic rings. The van der Waals surface area contributed by atoms with Gasteiger partial charge in [-0.3, -0.25) is 0 Å². The maximum absolute atomic E-state index is 11.4. The third-order valence-corrected chi connectivity index (χ3v) is 3.81. The Morgan fingerprint density at radius 3 is 2.57 bits per heavy atom. The summed E-state index contributed by atoms with van der Waals surface area (Å²) < 4.78 is 5.30. The van der Waals surface area contributed by atoms with E-state index < -0.39 is 0 Å². The third kappa shape index (κ3) is 1.78. The van der Waals surface area contributed by atoms with E-state index in [1.54, 1.807) is 0 Å². The average molecular weight is 275 g/mol. The molecule has 1 N–H and O–H groups in total. The lowest BCUT2D eigenvalue weighted by Crippen LogP contribution is -1.94. The zero-order valence-corrected chi connectivity index (χ0v) is 11.5. The molecule has 3 heteroatoms. The molecule has 0 aliphatic carbocycles. The number of aromatic nitrogens is 1. The van der Waals surface area contributed by atoms with E-state index in [2.05, 4.69) is 24.0 Å². The third-order valence-electron chi connectivity index (χ3n) is 3.81. The number of benzene rings is 2. The highest BCUT2D eigenvalue weighted by molar-refractivity contribution is 6.13. The van der Waals surface area contributed by atoms with E-state index in [1.807, 2.05) is 36.4 Å². The number of rotatable bonds is 1. The Morgan fingerprint density at radius 1 is 0.952 bits per heavy atom. The molecule has 2 heterocycles. The maximum Gasteiger partial charge on any atom is 0.336 e. The van der Waals surface area contributed by atoms with Gasteiger partial charge >= 0.3 is 5.63 Å². The molecule has 0 saturated carbocycles. The van der Waals surface area contributed by atoms with Crippen molar-refractivity contribution in [1.82, 2.24) is 4.98 Å². The number of nitrogens with one attached hydrogen (secondary N) is 1. The molecule has 2 aromatic heterocycles. The van der Waals surface area contributed by atoms with Crippen LogP contribution in [0.3, 0.4) is 0 Å². The zero-order valence-electron chi connectivity index (χ0n) is 11.5. The number of hydrogen-bond acceptors (Lipinski definition) is 2. The lowest BCUT2D eigenvalue weighted by atomic mass is 10.00. The standard InChI is InChI=1S/C18H13NO2/c1-11-17(12-5-3-2-4-6-12)18-13-7-10-16(20)21-15(13)9-8-14(18)19-11/h2-10,19H,1H3. The molecule has 0 fully saturated rings. The van der Waals surface area contributed by atoms with Crippen LogP contribution < -0.4 is 5.63 Å². The van der Waals surface area contributed by atoms with Crippen LogP contribution in [0.2, 0.25) is 0 Å². The van der Waals surface area contributed by atoms with E-state index in [0.717, 1.165) is 33.1 Å². The Morgan fingerprint density at radius 2 is 1.76 bits per heavy atom. The Hall–Kier alpha value is -2.81. The number of aromatic amines is 1. The first kappa shape index (κ1) is 12.0. The van der Waals surface area contributed by atoms with Crippen LogP contribution in [-0.2, 0) is 0 Å². The van der Waals surface area contributed by atoms with Gasteiger partial charge in [0.05, 0.1) is 0 Å². The molecule has 0 bridgehead atoms. The van der Waals surface area contributed by atoms with Gasteiger partial charge in [-0.05, 0) is 30.7 Å². The van der Waals surface area contributed by atoms with Crippen molar-refractivity contribution >= 4 is 21.9 Å². The largest absolute Gasteiger partial charge is 0.423 e. The first-order chi connectivity index (χ1) is 10.2. The molecule has 0 radical (unpaired) electrons. The van der Waals surface area contributed by atoms with Crippen LogP contribution in [0.4, 0.5) is 0 Å². The molecule has 0 saturated heterocycles. The normalized spacial score (nSPS) is 11.3. The van der Waals surface area contributed by atoms with E-state index in [1.165, 1.54) is 6.07 Å². The Labute approximate surface area is 120 Å². The lowest BCUT2D eigenvalue weighted by molar-refractivity contribution is 0.561. The summed E-state index contributed by atoms with van der Waals surface area (Å²) >= 11 is 0. The van der Waals surface area contributed by atoms with Gasteiger partial charge in [-0.25, -0.2) is 4.79 Å². The molecule has 0 atom stereocenters. The lowest BCUT2D eigenvalue weighted by Gasteiger charge is -2.04. The predicted octanol–water partition coefficient (Wildman–Crippen LogP) is 4.25. The van der Waals surface area contributed by atoms with Gasteiger partial charge in [0.2, 0.25) is 0 Å². The average Bonchev–Trinajstić information content (AvgIpc) is 2.84. The van der Waals surface area contributed by atoms with Crippen LogP contribution in [0.5, 0.6) is 0 Å². The molecule has 0 spiro atoms. The Balaban J connectivity index is 2.20. The zero-order chi connectivity index (χ0) is 14.4. The first-order valence-electron chi connectivity index (χ1n) is 6.84. The van der Waals surface area contributed by atoms with E-state index in [4.69, 9.17) is 4.42 Å². The van der Waals surface area contributed by atoms with Crippen molar-refractivity contribution in [1.29, 1.82) is 0 Å². The monoisotopic (exact) mass is 275 g/mol. The van der Waals surface area contributed by atoms with Crippen molar-refractivity contribution in [3.05, 3.63) is 70.7 Å². The molecule has 4 rings (SSSR count). The summed E-state index contributed by atoms with van der Waals surface area (Å²) in [5.41, 5.74) is 4.76. The molecule has 0 unspecified atom stereocenters. The molecule has 21 heavy (non-hydrogen) atoms. The second-order valence-corrected chi connectivity index (χ2v) is 5.15. The summed E-state index contributed by atoms with van der Waals surface area (Å²) in [7, 11) is 0. The quantitative estimate of drug-likeness (QED) is 0.528. The van der Waals surface area contributed by atoms with Crippen molar-refractivity contribution < 1.29 is 4.42 Å². The fourth-order valence-electron chi connectivity index (χ4n) is 2.94. The van der Waals surface area contributed by atoms with Crippen LogP contribution in [0.25, 0.3) is 33.0 Å². The van der Waals surface area contributed by atoms with Crippen molar-refractivity contribution in [2.45, 2.75) is 6.92 Å². The molecule has 0 amide bonds. The minimum absolute atomic E-state index is 0.324. The highest BCUT2D eigenvalue weighted by Crippen LogP contribution is 2.36. The minimum Gasteiger partial charge on any atom is -0.423 e. The molecular weight excluding hydrogens is 262 g/mol. The van der Waals surface area contributed by atoms with E-state index in [9.17, 15) is 4.79 Å². The van der Waals surface area contributed by atoms with Crippen molar-refractivity contribution in [2.75, 3.05) is 0 Å². The summed E-state index contributed by atoms with van der Waals surface area (Å²) in [6.45, 7) is 2.06. The van der Waals surface area contributed by atoms with Gasteiger partial charge in [0.25, 0.3) is 0 Å². The van der Waals surface area contributed by atoms with Crippen LogP contribution >= 0.6 is 0 Å². The SMILES string of the molecule is Cc1[nH]c2ccc3oc(=O)ccc3c2c1-c1ccccc1. The molecule has 3 nitrogen and oxygen atoms in total. The summed E-state index contributed by atoms with van der Waals surface area (Å²) in [5, 5.41) is 2.05. The van der Waals surface area contributed by atoms with Gasteiger partial charge in [-0.2, -0.15) is 0 Å². The van der Waals surface area contributed by atoms with E-state index >= 15 is 0 Å². The van der Waals surface area contributed by atoms with Crippen LogP contribution in [0.1, 0.15) is 5.69 Å². The van der Waals surface area contributed by atoms with Crippen LogP contribution in [-0.4, -0.2) is 4.98 Å². The van der Waals surface area contributed by atoms with E-state index in [-0.39, 0.29) is 5.63 Å². The number of fused-ring (bicyclic) bond motifs is 3. The number of H-pyrrole nitrogens is 1. The Kier molecular flexibility index (Phi) is 2.48. The molecule has 2 aromatic carbocycles. The van der Waals surface area contributed by atoms with Crippen molar-refractivity contribution in [2.24, 2.45) is 0 Å². The van der Waals surface area contributed by atoms with E-state index in [0.29, 0.717) is 5.58 Å². The minimum atomic E-state index is -0.324. The summed E-state index contributed by atoms with van der Waals surface area (Å²) in [5.74, 6) is 0. The summed E-state index contributed by atoms with van der Waals surface area (Å²) in [4.78, 5) is 14.8. The molecule has 102 valence electrons. The summed E-state index contributed by atoms with van der Waals surface area (Å²) in [6.07, 6.45) is 0. The highest BCUT2D eigenvalue weighted by atomic mass is 16.4. The second kappa shape index (κ2) is 4.35. The maximum atomic E-state index is 11.4. The van der Waals surface area contributed by atoms with Gasteiger partial charge in [-0.15, -0.1) is 0 Å². The number of aryl methyl sites for hydroxylation is 1. The predicted molar refractivity (Wildman–Crippen MR) is 84.5 cm³/mol. The fourth-order valence-corrected chi connectivity index (χ4v) is 2.94. The molecule has 0 aliphatic heterocycles. The van der Waals surface area contributed by atoms with Crippen LogP contribution in [0.15, 0.2) is 63.8 Å². The van der Waals surface area contributed by atoms with Gasteiger partial charge in [0.15, 0.2) is 0 Å². The van der Waals surface area contributed by atoms with Gasteiger partial charge in [0.1, 0.15) is 5.58 Å². The smallest absolute Gasteiger partial charge is 0.336 e. The second-order valence-electron chi connectivity index (χ2n) is 5.15. The summed E-state index contributed by atoms with van der Waals surface area (Å²) in [6, 6.07) is 17.3. The topological polar surface area (TPSA) is 46.0 Å². The van der Waals surface area contributed by atoms with Crippen molar-refractivity contribution in [3.63, 3.8) is 0 Å². The van der Waals surface area contributed by atoms with Crippen LogP contribution in [0, 0.1) is 6.92 Å². The Bertz CT molecular complexity index is 1010. The fraction of sp³-hybridized carbons (Fsp3) is 0.0556. The highest BCUT2D eigenvalue weighted by Gasteiger charge is 2.14. The van der Waals surface area contributed by atoms with Gasteiger partial charge < -0.3 is 9.40 Å². The van der Waals surface area contributed by atoms with Gasteiger partial charge in [-0.1, -0.05) is 30.3 Å². The number of hydrogen-bond donors (Lipinski definition) is 1. The molecule has 0 aliphatic rings.